The van der Waals surface area contributed by atoms with Crippen LogP contribution in [0.5, 0.6) is 0 Å². The fourth-order valence-corrected chi connectivity index (χ4v) is 3.65. The highest BCUT2D eigenvalue weighted by Crippen LogP contribution is 2.55. The highest BCUT2D eigenvalue weighted by molar-refractivity contribution is 6.60. The standard InChI is InChI=1S/C12H19F9O3Si/c1-8(13)10(16,17)12(20,21)11(18,19)9(14,15)6-5-7-25(22-2,23-3)24-4/h8H,5-7H2,1-4H3. The molecule has 13 heteroatoms. The smallest absolute Gasteiger partial charge is 0.377 e. The molecule has 0 aliphatic carbocycles. The summed E-state index contributed by atoms with van der Waals surface area (Å²) in [6.45, 7) is -0.127. The zero-order chi connectivity index (χ0) is 20.3. The van der Waals surface area contributed by atoms with E-state index in [0.717, 1.165) is 21.3 Å². The molecule has 0 aromatic heterocycles. The van der Waals surface area contributed by atoms with Crippen LogP contribution in [0.1, 0.15) is 19.8 Å². The molecule has 0 aliphatic rings. The van der Waals surface area contributed by atoms with Gasteiger partial charge in [-0.3, -0.25) is 0 Å². The highest BCUT2D eigenvalue weighted by Gasteiger charge is 2.81. The van der Waals surface area contributed by atoms with Crippen molar-refractivity contribution in [2.24, 2.45) is 0 Å². The van der Waals surface area contributed by atoms with Gasteiger partial charge in [0.05, 0.1) is 0 Å². The molecule has 0 spiro atoms. The summed E-state index contributed by atoms with van der Waals surface area (Å²) in [4.78, 5) is 0. The van der Waals surface area contributed by atoms with Gasteiger partial charge in [-0.1, -0.05) is 0 Å². The third-order valence-electron chi connectivity index (χ3n) is 3.68. The Kier molecular flexibility index (Phi) is 7.83. The molecular formula is C12H19F9O3Si. The van der Waals surface area contributed by atoms with Gasteiger partial charge in [0.25, 0.3) is 0 Å². The molecule has 0 aromatic carbocycles. The zero-order valence-corrected chi connectivity index (χ0v) is 14.8. The summed E-state index contributed by atoms with van der Waals surface area (Å²) in [5.74, 6) is -24.6. The van der Waals surface area contributed by atoms with E-state index in [-0.39, 0.29) is 6.92 Å². The number of halogens is 9. The monoisotopic (exact) mass is 410 g/mol. The number of hydrogen-bond acceptors (Lipinski definition) is 3. The number of hydrogen-bond donors (Lipinski definition) is 0. The molecule has 0 aromatic rings. The van der Waals surface area contributed by atoms with Gasteiger partial charge >= 0.3 is 32.5 Å². The van der Waals surface area contributed by atoms with Crippen LogP contribution in [0.4, 0.5) is 39.5 Å². The van der Waals surface area contributed by atoms with Crippen molar-refractivity contribution in [1.82, 2.24) is 0 Å². The van der Waals surface area contributed by atoms with Crippen molar-refractivity contribution in [2.75, 3.05) is 21.3 Å². The van der Waals surface area contributed by atoms with Crippen molar-refractivity contribution in [1.29, 1.82) is 0 Å². The predicted octanol–water partition coefficient (Wildman–Crippen LogP) is 4.54. The molecule has 0 heterocycles. The maximum Gasteiger partial charge on any atom is 0.500 e. The van der Waals surface area contributed by atoms with Crippen molar-refractivity contribution in [3.05, 3.63) is 0 Å². The van der Waals surface area contributed by atoms with Crippen molar-refractivity contribution in [2.45, 2.75) is 55.7 Å². The fraction of sp³-hybridized carbons (Fsp3) is 1.00. The molecule has 0 saturated heterocycles. The lowest BCUT2D eigenvalue weighted by Gasteiger charge is -2.37. The Morgan fingerprint density at radius 1 is 0.800 bits per heavy atom. The molecule has 152 valence electrons. The first-order valence-electron chi connectivity index (χ1n) is 6.89. The average molecular weight is 410 g/mol. The van der Waals surface area contributed by atoms with Gasteiger partial charge in [0.2, 0.25) is 0 Å². The Morgan fingerprint density at radius 2 is 1.20 bits per heavy atom. The maximum absolute atomic E-state index is 13.6. The van der Waals surface area contributed by atoms with Crippen molar-refractivity contribution in [3.63, 3.8) is 0 Å². The molecule has 0 aliphatic heterocycles. The van der Waals surface area contributed by atoms with E-state index < -0.39 is 57.6 Å². The van der Waals surface area contributed by atoms with Crippen LogP contribution in [0.15, 0.2) is 0 Å². The van der Waals surface area contributed by atoms with E-state index in [1.165, 1.54) is 0 Å². The minimum atomic E-state index is -6.60. The molecule has 0 amide bonds. The predicted molar refractivity (Wildman–Crippen MR) is 71.2 cm³/mol. The Labute approximate surface area is 139 Å². The molecule has 0 N–H and O–H groups in total. The summed E-state index contributed by atoms with van der Waals surface area (Å²) in [7, 11) is -0.149. The molecule has 0 rings (SSSR count). The highest BCUT2D eigenvalue weighted by atomic mass is 28.4. The molecule has 0 radical (unpaired) electrons. The zero-order valence-electron chi connectivity index (χ0n) is 13.8. The van der Waals surface area contributed by atoms with Gasteiger partial charge in [0.15, 0.2) is 6.17 Å². The summed E-state index contributed by atoms with van der Waals surface area (Å²) < 4.78 is 134. The molecular weight excluding hydrogens is 391 g/mol. The van der Waals surface area contributed by atoms with E-state index in [2.05, 4.69) is 0 Å². The van der Waals surface area contributed by atoms with Gasteiger partial charge in [-0.2, -0.15) is 35.1 Å². The van der Waals surface area contributed by atoms with Crippen LogP contribution in [0, 0.1) is 0 Å². The third-order valence-corrected chi connectivity index (χ3v) is 6.51. The molecule has 1 atom stereocenters. The van der Waals surface area contributed by atoms with Crippen LogP contribution >= 0.6 is 0 Å². The molecule has 3 nitrogen and oxygen atoms in total. The topological polar surface area (TPSA) is 27.7 Å². The first-order chi connectivity index (χ1) is 11.1. The molecule has 25 heavy (non-hydrogen) atoms. The summed E-state index contributed by atoms with van der Waals surface area (Å²) in [6, 6.07) is -0.455. The Bertz CT molecular complexity index is 420. The SMILES string of the molecule is CO[Si](CCCC(F)(F)C(F)(F)C(F)(F)C(F)(F)C(C)F)(OC)OC. The van der Waals surface area contributed by atoms with E-state index >= 15 is 0 Å². The van der Waals surface area contributed by atoms with Gasteiger partial charge in [-0.25, -0.2) is 4.39 Å². The van der Waals surface area contributed by atoms with Crippen LogP contribution in [0.2, 0.25) is 6.04 Å². The summed E-state index contributed by atoms with van der Waals surface area (Å²) in [6.07, 6.45) is -6.51. The largest absolute Gasteiger partial charge is 0.500 e. The second kappa shape index (κ2) is 8.01. The fourth-order valence-electron chi connectivity index (χ4n) is 1.93. The van der Waals surface area contributed by atoms with Crippen LogP contribution in [-0.4, -0.2) is 60.0 Å². The number of alkyl halides is 9. The van der Waals surface area contributed by atoms with Crippen LogP contribution < -0.4 is 0 Å². The van der Waals surface area contributed by atoms with E-state index in [4.69, 9.17) is 13.3 Å². The number of rotatable bonds is 11. The van der Waals surface area contributed by atoms with Crippen molar-refractivity contribution < 1.29 is 52.8 Å². The van der Waals surface area contributed by atoms with E-state index in [1.54, 1.807) is 0 Å². The lowest BCUT2D eigenvalue weighted by Crippen LogP contribution is -2.64. The van der Waals surface area contributed by atoms with Gasteiger partial charge in [-0.05, 0) is 13.3 Å². The third kappa shape index (κ3) is 4.42. The lowest BCUT2D eigenvalue weighted by molar-refractivity contribution is -0.375. The normalized spacial score (nSPS) is 16.2. The Hall–Kier alpha value is -0.533. The van der Waals surface area contributed by atoms with Crippen LogP contribution in [0.25, 0.3) is 0 Å². The molecule has 0 bridgehead atoms. The van der Waals surface area contributed by atoms with Gasteiger partial charge in [0, 0.05) is 33.8 Å². The van der Waals surface area contributed by atoms with Gasteiger partial charge in [-0.15, -0.1) is 0 Å². The second-order valence-electron chi connectivity index (χ2n) is 5.24. The van der Waals surface area contributed by atoms with Crippen molar-refractivity contribution in [3.8, 4) is 0 Å². The summed E-state index contributed by atoms with van der Waals surface area (Å²) in [5.41, 5.74) is 0. The lowest BCUT2D eigenvalue weighted by atomic mass is 9.94. The minimum absolute atomic E-state index is 0.127. The van der Waals surface area contributed by atoms with Crippen molar-refractivity contribution >= 4 is 8.80 Å². The Balaban J connectivity index is 5.36. The molecule has 0 saturated carbocycles. The van der Waals surface area contributed by atoms with E-state index in [1.807, 2.05) is 0 Å². The van der Waals surface area contributed by atoms with Gasteiger partial charge in [0.1, 0.15) is 0 Å². The first kappa shape index (κ1) is 24.5. The second-order valence-corrected chi connectivity index (χ2v) is 8.33. The summed E-state index contributed by atoms with van der Waals surface area (Å²) in [5, 5.41) is 0. The van der Waals surface area contributed by atoms with Gasteiger partial charge < -0.3 is 13.3 Å². The molecule has 1 unspecified atom stereocenters. The van der Waals surface area contributed by atoms with Crippen LogP contribution in [-0.2, 0) is 13.3 Å². The Morgan fingerprint density at radius 3 is 1.52 bits per heavy atom. The van der Waals surface area contributed by atoms with E-state index in [0.29, 0.717) is 0 Å². The van der Waals surface area contributed by atoms with E-state index in [9.17, 15) is 39.5 Å². The first-order valence-corrected chi connectivity index (χ1v) is 8.82. The van der Waals surface area contributed by atoms with Crippen LogP contribution in [0.3, 0.4) is 0 Å². The summed E-state index contributed by atoms with van der Waals surface area (Å²) >= 11 is 0. The minimum Gasteiger partial charge on any atom is -0.377 e. The maximum atomic E-state index is 13.6. The molecule has 0 fully saturated rings. The average Bonchev–Trinajstić information content (AvgIpc) is 2.51. The quantitative estimate of drug-likeness (QED) is 0.370.